The third-order valence-corrected chi connectivity index (χ3v) is 3.39. The van der Waals surface area contributed by atoms with Crippen LogP contribution in [0.2, 0.25) is 5.02 Å². The van der Waals surface area contributed by atoms with Crippen LogP contribution in [0.3, 0.4) is 0 Å². The second-order valence-corrected chi connectivity index (χ2v) is 5.12. The zero-order chi connectivity index (χ0) is 16.1. The largest absolute Gasteiger partial charge is 0.395 e. The van der Waals surface area contributed by atoms with Crippen LogP contribution in [0.25, 0.3) is 5.69 Å². The summed E-state index contributed by atoms with van der Waals surface area (Å²) in [6.45, 7) is 5.80. The van der Waals surface area contributed by atoms with Gasteiger partial charge in [0.05, 0.1) is 18.0 Å². The number of aliphatic hydroxyl groups excluding tert-OH is 1. The lowest BCUT2D eigenvalue weighted by Crippen LogP contribution is -2.34. The van der Waals surface area contributed by atoms with E-state index < -0.39 is 0 Å². The molecule has 1 aromatic heterocycles. The second kappa shape index (κ2) is 7.20. The first-order valence-electron chi connectivity index (χ1n) is 6.77. The number of halogens is 1. The van der Waals surface area contributed by atoms with E-state index in [9.17, 15) is 4.79 Å². The molecule has 0 saturated heterocycles. The van der Waals surface area contributed by atoms with E-state index in [1.807, 2.05) is 6.07 Å². The fourth-order valence-electron chi connectivity index (χ4n) is 2.08. The van der Waals surface area contributed by atoms with E-state index >= 15 is 0 Å². The molecule has 0 spiro atoms. The van der Waals surface area contributed by atoms with E-state index in [-0.39, 0.29) is 24.8 Å². The van der Waals surface area contributed by atoms with Crippen molar-refractivity contribution in [2.75, 3.05) is 19.7 Å². The van der Waals surface area contributed by atoms with Crippen molar-refractivity contribution < 1.29 is 9.90 Å². The lowest BCUT2D eigenvalue weighted by atomic mass is 10.2. The number of amides is 1. The van der Waals surface area contributed by atoms with Gasteiger partial charge in [-0.25, -0.2) is 4.68 Å². The van der Waals surface area contributed by atoms with Gasteiger partial charge in [0.25, 0.3) is 5.91 Å². The number of aromatic nitrogens is 3. The molecule has 0 aliphatic rings. The molecule has 0 aliphatic carbocycles. The van der Waals surface area contributed by atoms with Crippen molar-refractivity contribution in [2.45, 2.75) is 6.92 Å². The Morgan fingerprint density at radius 1 is 1.55 bits per heavy atom. The van der Waals surface area contributed by atoms with Crippen molar-refractivity contribution in [3.8, 4) is 5.69 Å². The highest BCUT2D eigenvalue weighted by atomic mass is 35.5. The fourth-order valence-corrected chi connectivity index (χ4v) is 2.27. The Balaban J connectivity index is 2.34. The highest BCUT2D eigenvalue weighted by Crippen LogP contribution is 2.17. The normalized spacial score (nSPS) is 10.5. The summed E-state index contributed by atoms with van der Waals surface area (Å²) >= 11 is 5.97. The number of hydrogen-bond donors (Lipinski definition) is 1. The predicted molar refractivity (Wildman–Crippen MR) is 84.3 cm³/mol. The maximum atomic E-state index is 12.5. The maximum absolute atomic E-state index is 12.5. The first-order valence-corrected chi connectivity index (χ1v) is 7.15. The Bertz CT molecular complexity index is 684. The molecule has 2 rings (SSSR count). The summed E-state index contributed by atoms with van der Waals surface area (Å²) in [5.41, 5.74) is 1.59. The zero-order valence-electron chi connectivity index (χ0n) is 12.2. The van der Waals surface area contributed by atoms with Crippen molar-refractivity contribution in [3.05, 3.63) is 53.3 Å². The minimum atomic E-state index is -0.292. The van der Waals surface area contributed by atoms with Gasteiger partial charge in [0.1, 0.15) is 0 Å². The van der Waals surface area contributed by atoms with Crippen LogP contribution < -0.4 is 0 Å². The summed E-state index contributed by atoms with van der Waals surface area (Å²) < 4.78 is 1.56. The van der Waals surface area contributed by atoms with Gasteiger partial charge >= 0.3 is 0 Å². The molecular formula is C15H17ClN4O2. The van der Waals surface area contributed by atoms with E-state index in [1.54, 1.807) is 35.9 Å². The molecule has 0 aliphatic heterocycles. The Labute approximate surface area is 133 Å². The van der Waals surface area contributed by atoms with Crippen LogP contribution in [0.15, 0.2) is 36.9 Å². The van der Waals surface area contributed by atoms with Crippen LogP contribution in [0.5, 0.6) is 0 Å². The summed E-state index contributed by atoms with van der Waals surface area (Å²) in [7, 11) is 0. The van der Waals surface area contributed by atoms with E-state index in [2.05, 4.69) is 16.9 Å². The number of benzene rings is 1. The monoisotopic (exact) mass is 320 g/mol. The van der Waals surface area contributed by atoms with E-state index in [4.69, 9.17) is 16.7 Å². The highest BCUT2D eigenvalue weighted by Gasteiger charge is 2.22. The average Bonchev–Trinajstić information content (AvgIpc) is 2.88. The van der Waals surface area contributed by atoms with Crippen molar-refractivity contribution in [3.63, 3.8) is 0 Å². The molecule has 0 radical (unpaired) electrons. The second-order valence-electron chi connectivity index (χ2n) is 4.68. The molecular weight excluding hydrogens is 304 g/mol. The van der Waals surface area contributed by atoms with Gasteiger partial charge in [-0.1, -0.05) is 29.0 Å². The van der Waals surface area contributed by atoms with Crippen molar-refractivity contribution >= 4 is 17.5 Å². The SMILES string of the molecule is C=CCN(CCO)C(=O)c1nnn(-c2cccc(Cl)c2)c1C. The third kappa shape index (κ3) is 3.35. The summed E-state index contributed by atoms with van der Waals surface area (Å²) in [6.07, 6.45) is 1.60. The topological polar surface area (TPSA) is 71.2 Å². The number of aliphatic hydroxyl groups is 1. The fraction of sp³-hybridized carbons (Fsp3) is 0.267. The Hall–Kier alpha value is -2.18. The van der Waals surface area contributed by atoms with Crippen LogP contribution in [-0.4, -0.2) is 50.6 Å². The molecule has 1 aromatic carbocycles. The molecule has 0 unspecified atom stereocenters. The minimum absolute atomic E-state index is 0.124. The van der Waals surface area contributed by atoms with Gasteiger partial charge in [0, 0.05) is 18.1 Å². The molecule has 6 nitrogen and oxygen atoms in total. The molecule has 1 N–H and O–H groups in total. The Morgan fingerprint density at radius 2 is 2.32 bits per heavy atom. The minimum Gasteiger partial charge on any atom is -0.395 e. The van der Waals surface area contributed by atoms with E-state index in [1.165, 1.54) is 4.90 Å². The van der Waals surface area contributed by atoms with Gasteiger partial charge in [-0.15, -0.1) is 11.7 Å². The number of rotatable bonds is 6. The molecule has 7 heteroatoms. The van der Waals surface area contributed by atoms with E-state index in [0.717, 1.165) is 5.69 Å². The molecule has 1 heterocycles. The van der Waals surface area contributed by atoms with Gasteiger partial charge in [0.2, 0.25) is 0 Å². The molecule has 0 fully saturated rings. The van der Waals surface area contributed by atoms with E-state index in [0.29, 0.717) is 17.3 Å². The van der Waals surface area contributed by atoms with Gasteiger partial charge in [0.15, 0.2) is 5.69 Å². The molecule has 1 amide bonds. The number of carbonyl (C=O) groups excluding carboxylic acids is 1. The highest BCUT2D eigenvalue weighted by molar-refractivity contribution is 6.30. The van der Waals surface area contributed by atoms with Gasteiger partial charge < -0.3 is 10.0 Å². The van der Waals surface area contributed by atoms with Crippen LogP contribution in [0, 0.1) is 6.92 Å². The predicted octanol–water partition coefficient (Wildman–Crippen LogP) is 1.85. The van der Waals surface area contributed by atoms with Gasteiger partial charge in [-0.2, -0.15) is 0 Å². The summed E-state index contributed by atoms with van der Waals surface area (Å²) in [6, 6.07) is 7.14. The molecule has 0 saturated carbocycles. The lowest BCUT2D eigenvalue weighted by molar-refractivity contribution is 0.0736. The molecule has 116 valence electrons. The maximum Gasteiger partial charge on any atom is 0.276 e. The van der Waals surface area contributed by atoms with Crippen molar-refractivity contribution in [2.24, 2.45) is 0 Å². The number of carbonyl (C=O) groups is 1. The standard InChI is InChI=1S/C15H17ClN4O2/c1-3-7-19(8-9-21)15(22)14-11(2)20(18-17-14)13-6-4-5-12(16)10-13/h3-6,10,21H,1,7-9H2,2H3. The molecule has 2 aromatic rings. The van der Waals surface area contributed by atoms with Crippen LogP contribution in [0.4, 0.5) is 0 Å². The van der Waals surface area contributed by atoms with Crippen LogP contribution in [0.1, 0.15) is 16.2 Å². The molecule has 0 atom stereocenters. The molecule has 0 bridgehead atoms. The quantitative estimate of drug-likeness (QED) is 0.825. The van der Waals surface area contributed by atoms with Crippen LogP contribution in [-0.2, 0) is 0 Å². The summed E-state index contributed by atoms with van der Waals surface area (Å²) in [5, 5.41) is 17.6. The zero-order valence-corrected chi connectivity index (χ0v) is 13.0. The molecule has 22 heavy (non-hydrogen) atoms. The smallest absolute Gasteiger partial charge is 0.276 e. The van der Waals surface area contributed by atoms with Gasteiger partial charge in [-0.3, -0.25) is 4.79 Å². The third-order valence-electron chi connectivity index (χ3n) is 3.16. The van der Waals surface area contributed by atoms with Crippen molar-refractivity contribution in [1.29, 1.82) is 0 Å². The summed E-state index contributed by atoms with van der Waals surface area (Å²) in [5.74, 6) is -0.292. The first kappa shape index (κ1) is 16.2. The first-order chi connectivity index (χ1) is 10.6. The Morgan fingerprint density at radius 3 is 2.95 bits per heavy atom. The average molecular weight is 321 g/mol. The van der Waals surface area contributed by atoms with Gasteiger partial charge in [-0.05, 0) is 25.1 Å². The number of hydrogen-bond acceptors (Lipinski definition) is 4. The Kier molecular flexibility index (Phi) is 5.30. The van der Waals surface area contributed by atoms with Crippen LogP contribution >= 0.6 is 11.6 Å². The number of nitrogens with zero attached hydrogens (tertiary/aromatic N) is 4. The summed E-state index contributed by atoms with van der Waals surface area (Å²) in [4.78, 5) is 13.9. The van der Waals surface area contributed by atoms with Crippen molar-refractivity contribution in [1.82, 2.24) is 19.9 Å². The lowest BCUT2D eigenvalue weighted by Gasteiger charge is -2.18.